The Kier molecular flexibility index (Phi) is 18.6. The summed E-state index contributed by atoms with van der Waals surface area (Å²) in [5, 5.41) is 0. The van der Waals surface area contributed by atoms with Gasteiger partial charge in [0.25, 0.3) is 0 Å². The zero-order chi connectivity index (χ0) is 47.5. The van der Waals surface area contributed by atoms with Crippen molar-refractivity contribution in [2.45, 2.75) is 101 Å². The Morgan fingerprint density at radius 2 is 0.706 bits per heavy atom. The molecule has 364 valence electrons. The van der Waals surface area contributed by atoms with Gasteiger partial charge in [-0.2, -0.15) is 0 Å². The van der Waals surface area contributed by atoms with Gasteiger partial charge in [0.1, 0.15) is 20.2 Å². The van der Waals surface area contributed by atoms with E-state index in [2.05, 4.69) is 115 Å². The average molecular weight is 1140 g/mol. The van der Waals surface area contributed by atoms with Crippen LogP contribution in [-0.4, -0.2) is 39.0 Å². The normalized spacial score (nSPS) is 16.3. The minimum absolute atomic E-state index is 0. The molecule has 0 saturated carbocycles. The Bertz CT molecular complexity index is 2600. The largest absolute Gasteiger partial charge is 1.00 e. The van der Waals surface area contributed by atoms with E-state index in [0.717, 1.165) is 22.5 Å². The average Bonchev–Trinajstić information content (AvgIpc) is 3.95. The van der Waals surface area contributed by atoms with Crippen LogP contribution in [0.4, 0.5) is 22.7 Å². The summed E-state index contributed by atoms with van der Waals surface area (Å²) in [6.45, 7) is 25.4. The van der Waals surface area contributed by atoms with Gasteiger partial charge >= 0.3 is 44.8 Å². The van der Waals surface area contributed by atoms with Crippen LogP contribution in [0.25, 0.3) is 0 Å². The molecule has 68 heavy (non-hydrogen) atoms. The molecule has 2 saturated heterocycles. The van der Waals surface area contributed by atoms with Gasteiger partial charge in [-0.1, -0.05) is 177 Å². The molecule has 8 rings (SSSR count). The Hall–Kier alpha value is -4.18. The summed E-state index contributed by atoms with van der Waals surface area (Å²) in [6, 6.07) is 44.9. The number of nitrogens with zero attached hydrogens (tertiary/aromatic N) is 4. The van der Waals surface area contributed by atoms with Crippen LogP contribution in [-0.2, 0) is 65.0 Å². The summed E-state index contributed by atoms with van der Waals surface area (Å²) in [5.74, 6) is 1.22. The third kappa shape index (κ3) is 12.0. The van der Waals surface area contributed by atoms with Gasteiger partial charge in [-0.05, 0) is 81.3 Å². The third-order valence-electron chi connectivity index (χ3n) is 12.2. The summed E-state index contributed by atoms with van der Waals surface area (Å²) < 4.78 is 72.4. The second-order valence-electron chi connectivity index (χ2n) is 18.0. The molecule has 10 nitrogen and oxygen atoms in total. The van der Waals surface area contributed by atoms with Gasteiger partial charge in [0.2, 0.25) is 13.3 Å². The first kappa shape index (κ1) is 54.8. The molecule has 2 heterocycles. The van der Waals surface area contributed by atoms with Crippen LogP contribution in [0.3, 0.4) is 0 Å². The first-order valence-electron chi connectivity index (χ1n) is 22.5. The van der Waals surface area contributed by atoms with E-state index in [4.69, 9.17) is 0 Å². The minimum Gasteiger partial charge on any atom is -0.744 e. The fraction of sp³-hybridized carbons (Fsp3) is 0.296. The van der Waals surface area contributed by atoms with Crippen LogP contribution in [0.15, 0.2) is 155 Å². The van der Waals surface area contributed by atoms with Gasteiger partial charge in [0.05, 0.1) is 33.2 Å². The van der Waals surface area contributed by atoms with E-state index >= 15 is 0 Å². The maximum absolute atomic E-state index is 12.1. The quantitative estimate of drug-likeness (QED) is 0.0863. The predicted molar refractivity (Wildman–Crippen MR) is 263 cm³/mol. The number of hydrogen-bond donors (Lipinski definition) is 0. The van der Waals surface area contributed by atoms with Crippen LogP contribution in [0.5, 0.6) is 0 Å². The second kappa shape index (κ2) is 23.2. The molecule has 6 aromatic carbocycles. The molecule has 0 spiro atoms. The fourth-order valence-electron chi connectivity index (χ4n) is 8.96. The van der Waals surface area contributed by atoms with Gasteiger partial charge < -0.3 is 28.7 Å². The monoisotopic (exact) mass is 1140 g/mol. The summed E-state index contributed by atoms with van der Waals surface area (Å²) in [5.41, 5.74) is 9.81. The minimum atomic E-state index is -4.65. The van der Waals surface area contributed by atoms with Gasteiger partial charge in [0.15, 0.2) is 0 Å². The molecule has 2 aliphatic heterocycles. The van der Waals surface area contributed by atoms with Crippen molar-refractivity contribution >= 4 is 43.0 Å². The van der Waals surface area contributed by atoms with E-state index in [1.54, 1.807) is 46.2 Å². The van der Waals surface area contributed by atoms with E-state index in [1.807, 2.05) is 60.7 Å². The molecule has 0 aromatic heterocycles. The maximum atomic E-state index is 12.1. The molecule has 2 atom stereocenters. The van der Waals surface area contributed by atoms with E-state index in [9.17, 15) is 25.9 Å². The Morgan fingerprint density at radius 1 is 0.426 bits per heavy atom. The van der Waals surface area contributed by atoms with Crippen molar-refractivity contribution in [1.82, 2.24) is 0 Å². The Balaban J connectivity index is 0.000000247. The molecule has 2 aliphatic rings. The summed E-state index contributed by atoms with van der Waals surface area (Å²) >= 11 is 0. The van der Waals surface area contributed by atoms with Gasteiger partial charge in [-0.25, -0.2) is 16.8 Å². The van der Waals surface area contributed by atoms with Gasteiger partial charge in [-0.3, -0.25) is 0 Å². The van der Waals surface area contributed by atoms with Crippen LogP contribution in [0.1, 0.15) is 125 Å². The molecule has 6 aromatic rings. The number of rotatable bonds is 12. The summed E-state index contributed by atoms with van der Waals surface area (Å²) in [4.78, 5) is 7.33. The van der Waals surface area contributed by atoms with Crippen molar-refractivity contribution < 1.29 is 70.7 Å². The SMILES string of the molecule is CC(C)c1cccc(C(C)C)c1N1[C]N(c2ccccc2S(=O)(=O)[O-])[C@H](c2ccccc2)C1.CC(C)c1cccc(C(C)C)c1N1[C]N(c2ccccc2S(=O)(=O)[O-])[C@H](c2ccccc2)C1.[Ag+].[Ag+]. The number of hydrogen-bond acceptors (Lipinski definition) is 10. The molecule has 0 bridgehead atoms. The molecule has 2 fully saturated rings. The van der Waals surface area contributed by atoms with Crippen LogP contribution in [0.2, 0.25) is 0 Å². The topological polar surface area (TPSA) is 127 Å². The first-order valence-corrected chi connectivity index (χ1v) is 25.3. The molecule has 0 N–H and O–H groups in total. The van der Waals surface area contributed by atoms with Crippen molar-refractivity contribution in [3.63, 3.8) is 0 Å². The second-order valence-corrected chi connectivity index (χ2v) is 20.7. The molecular weight excluding hydrogens is 1080 g/mol. The predicted octanol–water partition coefficient (Wildman–Crippen LogP) is 11.8. The zero-order valence-electron chi connectivity index (χ0n) is 39.4. The van der Waals surface area contributed by atoms with Crippen molar-refractivity contribution in [2.75, 3.05) is 32.7 Å². The fourth-order valence-corrected chi connectivity index (χ4v) is 10.3. The molecule has 0 unspecified atom stereocenters. The van der Waals surface area contributed by atoms with Crippen molar-refractivity contribution in [1.29, 1.82) is 0 Å². The smallest absolute Gasteiger partial charge is 0.744 e. The third-order valence-corrected chi connectivity index (χ3v) is 13.9. The van der Waals surface area contributed by atoms with Crippen LogP contribution in [0, 0.1) is 13.3 Å². The van der Waals surface area contributed by atoms with E-state index in [0.29, 0.717) is 48.1 Å². The standard InChI is InChI=1S/2C27H30N2O3S.2Ag/c2*1-19(2)22-13-10-14-23(20(3)4)27(22)28-17-25(21-11-6-5-7-12-21)29(18-28)24-15-8-9-16-26(24)33(30,31)32;;/h2*5-16,19-20,25H,17H2,1-4H3,(H,30,31,32);;/q;;2*+1/p-2/t2*25-;;/m00../s1. The van der Waals surface area contributed by atoms with E-state index < -0.39 is 20.2 Å². The Labute approximate surface area is 436 Å². The van der Waals surface area contributed by atoms with Crippen molar-refractivity contribution in [2.24, 2.45) is 0 Å². The van der Waals surface area contributed by atoms with Crippen LogP contribution < -0.4 is 19.6 Å². The molecular formula is C54H58Ag2N4O6S2. The molecule has 4 radical (unpaired) electrons. The van der Waals surface area contributed by atoms with Gasteiger partial charge in [0, 0.05) is 24.5 Å². The van der Waals surface area contributed by atoms with E-state index in [-0.39, 0.29) is 66.6 Å². The zero-order valence-corrected chi connectivity index (χ0v) is 44.0. The summed E-state index contributed by atoms with van der Waals surface area (Å²) in [6.07, 6.45) is 0. The number of anilines is 4. The molecule has 14 heteroatoms. The van der Waals surface area contributed by atoms with Crippen molar-refractivity contribution in [3.05, 3.63) is 192 Å². The maximum Gasteiger partial charge on any atom is 1.00 e. The first-order chi connectivity index (χ1) is 31.4. The van der Waals surface area contributed by atoms with E-state index in [1.165, 1.54) is 34.4 Å². The number of benzene rings is 6. The van der Waals surface area contributed by atoms with Crippen LogP contribution >= 0.6 is 0 Å². The van der Waals surface area contributed by atoms with Crippen molar-refractivity contribution in [3.8, 4) is 0 Å². The molecule has 0 amide bonds. The molecule has 0 aliphatic carbocycles. The van der Waals surface area contributed by atoms with Gasteiger partial charge in [-0.15, -0.1) is 0 Å². The number of para-hydroxylation sites is 4. The summed E-state index contributed by atoms with van der Waals surface area (Å²) in [7, 11) is -9.30. The Morgan fingerprint density at radius 3 is 0.985 bits per heavy atom.